The number of aromatic hydroxyl groups is 1. The smallest absolute Gasteiger partial charge is 0.119 e. The molecule has 2 N–H and O–H groups in total. The normalized spacial score (nSPS) is 17.4. The second-order valence-corrected chi connectivity index (χ2v) is 5.30. The van der Waals surface area contributed by atoms with E-state index in [0.717, 1.165) is 24.9 Å². The molecule has 0 amide bonds. The number of phenols is 1. The van der Waals surface area contributed by atoms with Crippen LogP contribution in [0.1, 0.15) is 34.7 Å². The van der Waals surface area contributed by atoms with Crippen molar-refractivity contribution < 1.29 is 5.11 Å². The van der Waals surface area contributed by atoms with Crippen LogP contribution in [0.3, 0.4) is 0 Å². The Balaban J connectivity index is 1.70. The van der Waals surface area contributed by atoms with E-state index in [0.29, 0.717) is 11.8 Å². The van der Waals surface area contributed by atoms with Gasteiger partial charge in [-0.15, -0.1) is 0 Å². The highest BCUT2D eigenvalue weighted by atomic mass is 16.3. The van der Waals surface area contributed by atoms with Crippen LogP contribution in [0.5, 0.6) is 5.75 Å². The van der Waals surface area contributed by atoms with Gasteiger partial charge in [-0.2, -0.15) is 0 Å². The van der Waals surface area contributed by atoms with E-state index >= 15 is 0 Å². The molecule has 0 radical (unpaired) electrons. The summed E-state index contributed by atoms with van der Waals surface area (Å²) in [5, 5.41) is 13.4. The van der Waals surface area contributed by atoms with Gasteiger partial charge in [-0.05, 0) is 42.5 Å². The Bertz CT molecular complexity index is 574. The van der Waals surface area contributed by atoms with E-state index in [1.807, 2.05) is 6.07 Å². The molecule has 2 heteroatoms. The summed E-state index contributed by atoms with van der Waals surface area (Å²) < 4.78 is 0. The lowest BCUT2D eigenvalue weighted by Crippen LogP contribution is -2.18. The van der Waals surface area contributed by atoms with Crippen LogP contribution in [0.2, 0.25) is 0 Å². The molecule has 3 rings (SSSR count). The third-order valence-corrected chi connectivity index (χ3v) is 3.92. The number of nitrogens with one attached hydrogen (secondary N) is 1. The second kappa shape index (κ2) is 5.06. The molecule has 0 bridgehead atoms. The zero-order chi connectivity index (χ0) is 13.2. The third kappa shape index (κ3) is 2.49. The van der Waals surface area contributed by atoms with E-state index in [1.54, 1.807) is 6.07 Å². The first-order valence-electron chi connectivity index (χ1n) is 6.84. The molecule has 2 aromatic carbocycles. The minimum atomic E-state index is 0.364. The number of benzene rings is 2. The van der Waals surface area contributed by atoms with Gasteiger partial charge in [-0.1, -0.05) is 42.0 Å². The van der Waals surface area contributed by atoms with Crippen molar-refractivity contribution in [3.8, 4) is 5.75 Å². The average molecular weight is 253 g/mol. The summed E-state index contributed by atoms with van der Waals surface area (Å²) >= 11 is 0. The molecule has 0 fully saturated rings. The maximum absolute atomic E-state index is 9.84. The lowest BCUT2D eigenvalue weighted by Gasteiger charge is -2.14. The Morgan fingerprint density at radius 2 is 1.95 bits per heavy atom. The van der Waals surface area contributed by atoms with Crippen LogP contribution in [-0.4, -0.2) is 5.11 Å². The lowest BCUT2D eigenvalue weighted by atomic mass is 10.1. The summed E-state index contributed by atoms with van der Waals surface area (Å²) in [6.45, 7) is 2.98. The minimum Gasteiger partial charge on any atom is -0.508 e. The first-order valence-corrected chi connectivity index (χ1v) is 6.84. The first kappa shape index (κ1) is 12.2. The molecule has 2 nitrogen and oxygen atoms in total. The monoisotopic (exact) mass is 253 g/mol. The number of fused-ring (bicyclic) bond motifs is 1. The van der Waals surface area contributed by atoms with Crippen LogP contribution in [0, 0.1) is 6.92 Å². The molecule has 0 aromatic heterocycles. The van der Waals surface area contributed by atoms with Gasteiger partial charge in [0.1, 0.15) is 5.75 Å². The maximum Gasteiger partial charge on any atom is 0.119 e. The zero-order valence-electron chi connectivity index (χ0n) is 11.2. The number of hydrogen-bond donors (Lipinski definition) is 2. The Labute approximate surface area is 114 Å². The summed E-state index contributed by atoms with van der Waals surface area (Å²) in [6, 6.07) is 14.8. The minimum absolute atomic E-state index is 0.364. The fourth-order valence-corrected chi connectivity index (χ4v) is 2.79. The summed E-state index contributed by atoms with van der Waals surface area (Å²) in [5.41, 5.74) is 4.97. The molecule has 1 aliphatic rings. The zero-order valence-corrected chi connectivity index (χ0v) is 11.2. The van der Waals surface area contributed by atoms with Gasteiger partial charge in [0.25, 0.3) is 0 Å². The third-order valence-electron chi connectivity index (χ3n) is 3.92. The molecular formula is C17H19NO. The molecule has 1 aliphatic carbocycles. The molecule has 19 heavy (non-hydrogen) atoms. The summed E-state index contributed by atoms with van der Waals surface area (Å²) in [6.07, 6.45) is 2.03. The van der Waals surface area contributed by atoms with Gasteiger partial charge in [0, 0.05) is 12.6 Å². The van der Waals surface area contributed by atoms with Gasteiger partial charge >= 0.3 is 0 Å². The van der Waals surface area contributed by atoms with Crippen LogP contribution in [0.4, 0.5) is 0 Å². The number of hydrogen-bond acceptors (Lipinski definition) is 2. The Hall–Kier alpha value is -1.80. The van der Waals surface area contributed by atoms with E-state index in [1.165, 1.54) is 16.7 Å². The van der Waals surface area contributed by atoms with Crippen molar-refractivity contribution in [3.05, 3.63) is 64.7 Å². The fraction of sp³-hybridized carbons (Fsp3) is 0.294. The van der Waals surface area contributed by atoms with Crippen LogP contribution in [0.25, 0.3) is 0 Å². The fourth-order valence-electron chi connectivity index (χ4n) is 2.79. The van der Waals surface area contributed by atoms with Crippen LogP contribution < -0.4 is 5.32 Å². The topological polar surface area (TPSA) is 32.3 Å². The molecule has 1 atom stereocenters. The second-order valence-electron chi connectivity index (χ2n) is 5.30. The highest BCUT2D eigenvalue weighted by Gasteiger charge is 2.23. The maximum atomic E-state index is 9.84. The molecular weight excluding hydrogens is 234 g/mol. The van der Waals surface area contributed by atoms with Crippen molar-refractivity contribution in [1.82, 2.24) is 5.32 Å². The molecule has 0 saturated heterocycles. The Kier molecular flexibility index (Phi) is 3.26. The Morgan fingerprint density at radius 1 is 1.16 bits per heavy atom. The highest BCUT2D eigenvalue weighted by Crippen LogP contribution is 2.36. The molecule has 1 unspecified atom stereocenters. The number of aryl methyl sites for hydroxylation is 1. The first-order chi connectivity index (χ1) is 9.24. The molecule has 0 spiro atoms. The highest BCUT2D eigenvalue weighted by molar-refractivity contribution is 5.44. The molecule has 0 heterocycles. The van der Waals surface area contributed by atoms with Crippen LogP contribution in [-0.2, 0) is 13.0 Å². The van der Waals surface area contributed by atoms with Gasteiger partial charge in [0.15, 0.2) is 0 Å². The van der Waals surface area contributed by atoms with Gasteiger partial charge in [-0.3, -0.25) is 0 Å². The molecule has 98 valence electrons. The van der Waals surface area contributed by atoms with Crippen molar-refractivity contribution >= 4 is 0 Å². The summed E-state index contributed by atoms with van der Waals surface area (Å²) in [4.78, 5) is 0. The van der Waals surface area contributed by atoms with Crippen LogP contribution in [0.15, 0.2) is 42.5 Å². The quantitative estimate of drug-likeness (QED) is 0.877. The van der Waals surface area contributed by atoms with Crippen molar-refractivity contribution in [2.45, 2.75) is 32.4 Å². The number of rotatable bonds is 3. The van der Waals surface area contributed by atoms with E-state index in [4.69, 9.17) is 0 Å². The van der Waals surface area contributed by atoms with Crippen molar-refractivity contribution in [2.75, 3.05) is 0 Å². The SMILES string of the molecule is Cc1ccc(CNC2CCc3c(O)cccc32)cc1. The Morgan fingerprint density at radius 3 is 2.74 bits per heavy atom. The molecule has 2 aromatic rings. The van der Waals surface area contributed by atoms with Gasteiger partial charge < -0.3 is 10.4 Å². The van der Waals surface area contributed by atoms with Gasteiger partial charge in [0.05, 0.1) is 0 Å². The van der Waals surface area contributed by atoms with Crippen molar-refractivity contribution in [1.29, 1.82) is 0 Å². The summed E-state index contributed by atoms with van der Waals surface area (Å²) in [7, 11) is 0. The van der Waals surface area contributed by atoms with E-state index in [2.05, 4.69) is 42.6 Å². The average Bonchev–Trinajstić information content (AvgIpc) is 2.83. The number of phenolic OH excluding ortho intramolecular Hbond substituents is 1. The van der Waals surface area contributed by atoms with Crippen molar-refractivity contribution in [3.63, 3.8) is 0 Å². The molecule has 0 aliphatic heterocycles. The predicted octanol–water partition coefficient (Wildman–Crippen LogP) is 3.48. The lowest BCUT2D eigenvalue weighted by molar-refractivity contribution is 0.469. The van der Waals surface area contributed by atoms with Crippen LogP contribution >= 0.6 is 0 Å². The van der Waals surface area contributed by atoms with E-state index in [-0.39, 0.29) is 0 Å². The molecule has 0 saturated carbocycles. The van der Waals surface area contributed by atoms with Gasteiger partial charge in [-0.25, -0.2) is 0 Å². The summed E-state index contributed by atoms with van der Waals surface area (Å²) in [5.74, 6) is 0.442. The van der Waals surface area contributed by atoms with E-state index in [9.17, 15) is 5.11 Å². The van der Waals surface area contributed by atoms with Crippen molar-refractivity contribution in [2.24, 2.45) is 0 Å². The standard InChI is InChI=1S/C17H19NO/c1-12-5-7-13(8-6-12)11-18-16-10-9-15-14(16)3-2-4-17(15)19/h2-8,16,18-19H,9-11H2,1H3. The van der Waals surface area contributed by atoms with Gasteiger partial charge in [0.2, 0.25) is 0 Å². The largest absolute Gasteiger partial charge is 0.508 e. The predicted molar refractivity (Wildman–Crippen MR) is 77.2 cm³/mol. The van der Waals surface area contributed by atoms with E-state index < -0.39 is 0 Å².